The standard InChI is InChI=1S/C17H18ClN5O2/c1-10-12-6-5-11(20-14-7-8-19-15(18)21-14)9-13(12)23(22-10)16(24)25-17(2,3)4/h5-9H,1-4H3,(H,19,20,21). The van der Waals surface area contributed by atoms with Crippen LogP contribution in [0, 0.1) is 6.92 Å². The number of carbonyl (C=O) groups excluding carboxylic acids is 1. The minimum atomic E-state index is -0.600. The molecule has 1 aromatic carbocycles. The Bertz CT molecular complexity index is 946. The summed E-state index contributed by atoms with van der Waals surface area (Å²) in [6.45, 7) is 7.29. The van der Waals surface area contributed by atoms with Crippen LogP contribution in [0.25, 0.3) is 10.9 Å². The Morgan fingerprint density at radius 3 is 2.72 bits per heavy atom. The molecular formula is C17H18ClN5O2. The van der Waals surface area contributed by atoms with Crippen molar-refractivity contribution in [3.05, 3.63) is 41.4 Å². The fraction of sp³-hybridized carbons (Fsp3) is 0.294. The van der Waals surface area contributed by atoms with E-state index < -0.39 is 11.7 Å². The Balaban J connectivity index is 1.98. The van der Waals surface area contributed by atoms with Gasteiger partial charge in [0.1, 0.15) is 11.4 Å². The highest BCUT2D eigenvalue weighted by atomic mass is 35.5. The normalized spacial score (nSPS) is 11.6. The van der Waals surface area contributed by atoms with Crippen LogP contribution in [0.15, 0.2) is 30.5 Å². The maximum Gasteiger partial charge on any atom is 0.435 e. The summed E-state index contributed by atoms with van der Waals surface area (Å²) in [5, 5.41) is 8.46. The van der Waals surface area contributed by atoms with Gasteiger partial charge in [-0.1, -0.05) is 0 Å². The summed E-state index contributed by atoms with van der Waals surface area (Å²) < 4.78 is 6.69. The third-order valence-corrected chi connectivity index (χ3v) is 3.51. The molecule has 25 heavy (non-hydrogen) atoms. The van der Waals surface area contributed by atoms with Crippen LogP contribution in [0.3, 0.4) is 0 Å². The zero-order chi connectivity index (χ0) is 18.2. The second kappa shape index (κ2) is 6.33. The lowest BCUT2D eigenvalue weighted by Crippen LogP contribution is -2.27. The highest BCUT2D eigenvalue weighted by molar-refractivity contribution is 6.28. The predicted molar refractivity (Wildman–Crippen MR) is 96.4 cm³/mol. The fourth-order valence-electron chi connectivity index (χ4n) is 2.35. The van der Waals surface area contributed by atoms with Crippen molar-refractivity contribution in [1.29, 1.82) is 0 Å². The molecule has 0 saturated carbocycles. The zero-order valence-corrected chi connectivity index (χ0v) is 15.1. The Hall–Kier alpha value is -2.67. The number of hydrogen-bond acceptors (Lipinski definition) is 6. The van der Waals surface area contributed by atoms with E-state index in [-0.39, 0.29) is 5.28 Å². The number of aryl methyl sites for hydroxylation is 1. The number of aromatic nitrogens is 4. The first kappa shape index (κ1) is 17.2. The average Bonchev–Trinajstić information content (AvgIpc) is 2.82. The SMILES string of the molecule is Cc1nn(C(=O)OC(C)(C)C)c2cc(Nc3ccnc(Cl)n3)ccc12. The number of ether oxygens (including phenoxy) is 1. The van der Waals surface area contributed by atoms with Crippen molar-refractivity contribution < 1.29 is 9.53 Å². The van der Waals surface area contributed by atoms with Crippen LogP contribution in [0.5, 0.6) is 0 Å². The quantitative estimate of drug-likeness (QED) is 0.686. The van der Waals surface area contributed by atoms with Crippen LogP contribution < -0.4 is 5.32 Å². The highest BCUT2D eigenvalue weighted by Crippen LogP contribution is 2.25. The van der Waals surface area contributed by atoms with Crippen LogP contribution in [0.1, 0.15) is 26.5 Å². The number of carbonyl (C=O) groups is 1. The summed E-state index contributed by atoms with van der Waals surface area (Å²) in [5.41, 5.74) is 1.54. The van der Waals surface area contributed by atoms with Gasteiger partial charge in [-0.05, 0) is 63.6 Å². The van der Waals surface area contributed by atoms with Crippen molar-refractivity contribution in [1.82, 2.24) is 19.7 Å². The summed E-state index contributed by atoms with van der Waals surface area (Å²) in [6.07, 6.45) is 1.04. The van der Waals surface area contributed by atoms with Crippen molar-refractivity contribution in [2.24, 2.45) is 0 Å². The predicted octanol–water partition coefficient (Wildman–Crippen LogP) is 4.31. The van der Waals surface area contributed by atoms with Crippen LogP contribution in [0.4, 0.5) is 16.3 Å². The first-order valence-electron chi connectivity index (χ1n) is 7.71. The minimum absolute atomic E-state index is 0.153. The molecular weight excluding hydrogens is 342 g/mol. The summed E-state index contributed by atoms with van der Waals surface area (Å²) >= 11 is 5.80. The van der Waals surface area contributed by atoms with Gasteiger partial charge in [0.15, 0.2) is 0 Å². The van der Waals surface area contributed by atoms with Crippen molar-refractivity contribution in [2.45, 2.75) is 33.3 Å². The molecule has 0 unspecified atom stereocenters. The molecule has 3 aromatic rings. The lowest BCUT2D eigenvalue weighted by Gasteiger charge is -2.19. The number of nitrogens with one attached hydrogen (secondary N) is 1. The van der Waals surface area contributed by atoms with Crippen LogP contribution >= 0.6 is 11.6 Å². The van der Waals surface area contributed by atoms with Gasteiger partial charge in [0.05, 0.1) is 11.2 Å². The highest BCUT2D eigenvalue weighted by Gasteiger charge is 2.21. The second-order valence-electron chi connectivity index (χ2n) is 6.55. The molecule has 0 amide bonds. The van der Waals surface area contributed by atoms with Gasteiger partial charge in [-0.15, -0.1) is 0 Å². The van der Waals surface area contributed by atoms with Crippen molar-refractivity contribution >= 4 is 40.1 Å². The number of anilines is 2. The van der Waals surface area contributed by atoms with Crippen molar-refractivity contribution in [2.75, 3.05) is 5.32 Å². The number of halogens is 1. The first-order chi connectivity index (χ1) is 11.7. The van der Waals surface area contributed by atoms with Gasteiger partial charge >= 0.3 is 6.09 Å². The van der Waals surface area contributed by atoms with E-state index in [1.54, 1.807) is 12.3 Å². The molecule has 0 aliphatic rings. The molecule has 130 valence electrons. The molecule has 0 bridgehead atoms. The number of fused-ring (bicyclic) bond motifs is 1. The maximum absolute atomic E-state index is 12.4. The van der Waals surface area contributed by atoms with E-state index >= 15 is 0 Å². The molecule has 8 heteroatoms. The third kappa shape index (κ3) is 3.88. The molecule has 0 aliphatic carbocycles. The molecule has 2 heterocycles. The van der Waals surface area contributed by atoms with Crippen LogP contribution in [-0.4, -0.2) is 31.4 Å². The van der Waals surface area contributed by atoms with E-state index in [1.165, 1.54) is 4.68 Å². The maximum atomic E-state index is 12.4. The van der Waals surface area contributed by atoms with Gasteiger partial charge in [0.25, 0.3) is 0 Å². The molecule has 0 radical (unpaired) electrons. The van der Waals surface area contributed by atoms with Gasteiger partial charge in [0, 0.05) is 17.3 Å². The van der Waals surface area contributed by atoms with E-state index in [4.69, 9.17) is 16.3 Å². The van der Waals surface area contributed by atoms with E-state index in [1.807, 2.05) is 45.9 Å². The average molecular weight is 360 g/mol. The number of nitrogens with zero attached hydrogens (tertiary/aromatic N) is 4. The summed E-state index contributed by atoms with van der Waals surface area (Å²) in [4.78, 5) is 20.4. The summed E-state index contributed by atoms with van der Waals surface area (Å²) in [5.74, 6) is 0.555. The Labute approximate surface area is 150 Å². The lowest BCUT2D eigenvalue weighted by molar-refractivity contribution is 0.0522. The Kier molecular flexibility index (Phi) is 4.34. The van der Waals surface area contributed by atoms with Crippen molar-refractivity contribution in [3.8, 4) is 0 Å². The fourth-order valence-corrected chi connectivity index (χ4v) is 2.49. The smallest absolute Gasteiger partial charge is 0.435 e. The van der Waals surface area contributed by atoms with Gasteiger partial charge < -0.3 is 10.1 Å². The Morgan fingerprint density at radius 2 is 2.04 bits per heavy atom. The summed E-state index contributed by atoms with van der Waals surface area (Å²) in [6, 6.07) is 7.29. The number of benzene rings is 1. The molecule has 3 rings (SSSR count). The Morgan fingerprint density at radius 1 is 1.28 bits per heavy atom. The molecule has 2 aromatic heterocycles. The third-order valence-electron chi connectivity index (χ3n) is 3.33. The largest absolute Gasteiger partial charge is 0.442 e. The number of rotatable bonds is 2. The van der Waals surface area contributed by atoms with Gasteiger partial charge in [0.2, 0.25) is 5.28 Å². The van der Waals surface area contributed by atoms with Gasteiger partial charge in [-0.25, -0.2) is 14.8 Å². The summed E-state index contributed by atoms with van der Waals surface area (Å²) in [7, 11) is 0. The molecule has 0 aliphatic heterocycles. The van der Waals surface area contributed by atoms with E-state index in [0.29, 0.717) is 11.3 Å². The lowest BCUT2D eigenvalue weighted by atomic mass is 10.2. The molecule has 0 atom stereocenters. The van der Waals surface area contributed by atoms with Gasteiger partial charge in [-0.2, -0.15) is 9.78 Å². The number of hydrogen-bond donors (Lipinski definition) is 1. The van der Waals surface area contributed by atoms with E-state index in [2.05, 4.69) is 20.4 Å². The van der Waals surface area contributed by atoms with Crippen molar-refractivity contribution in [3.63, 3.8) is 0 Å². The topological polar surface area (TPSA) is 81.9 Å². The van der Waals surface area contributed by atoms with Gasteiger partial charge in [-0.3, -0.25) is 0 Å². The molecule has 0 spiro atoms. The monoisotopic (exact) mass is 359 g/mol. The molecule has 0 fully saturated rings. The minimum Gasteiger partial charge on any atom is -0.442 e. The van der Waals surface area contributed by atoms with Crippen LogP contribution in [0.2, 0.25) is 5.28 Å². The molecule has 7 nitrogen and oxygen atoms in total. The second-order valence-corrected chi connectivity index (χ2v) is 6.88. The van der Waals surface area contributed by atoms with E-state index in [0.717, 1.165) is 16.8 Å². The molecule has 0 saturated heterocycles. The first-order valence-corrected chi connectivity index (χ1v) is 8.09. The molecule has 1 N–H and O–H groups in total. The van der Waals surface area contributed by atoms with E-state index in [9.17, 15) is 4.79 Å². The zero-order valence-electron chi connectivity index (χ0n) is 14.4. The van der Waals surface area contributed by atoms with Crippen LogP contribution in [-0.2, 0) is 4.74 Å².